The molecule has 1 aliphatic heterocycles. The summed E-state index contributed by atoms with van der Waals surface area (Å²) in [5, 5.41) is 0. The lowest BCUT2D eigenvalue weighted by molar-refractivity contribution is 0.0725. The Hall–Kier alpha value is -0.0800. The molecule has 2 N–H and O–H groups in total. The first-order valence-corrected chi connectivity index (χ1v) is 5.42. The highest BCUT2D eigenvalue weighted by Gasteiger charge is 2.28. The number of hydrogen-bond donors (Lipinski definition) is 1. The quantitative estimate of drug-likeness (QED) is 0.674. The molecule has 13 heavy (non-hydrogen) atoms. The average molecular weight is 184 g/mol. The largest absolute Gasteiger partial charge is 0.328 e. The summed E-state index contributed by atoms with van der Waals surface area (Å²) in [6.45, 7) is 11.4. The van der Waals surface area contributed by atoms with Crippen molar-refractivity contribution in [2.24, 2.45) is 11.7 Å². The third kappa shape index (κ3) is 2.96. The second-order valence-electron chi connectivity index (χ2n) is 5.38. The second-order valence-corrected chi connectivity index (χ2v) is 5.38. The molecule has 2 nitrogen and oxygen atoms in total. The minimum atomic E-state index is 0.313. The molecule has 0 amide bonds. The highest BCUT2D eigenvalue weighted by Crippen LogP contribution is 2.24. The van der Waals surface area contributed by atoms with Crippen molar-refractivity contribution in [1.29, 1.82) is 0 Å². The molecule has 1 heterocycles. The first kappa shape index (κ1) is 11.0. The molecule has 0 aromatic rings. The number of nitrogens with two attached hydrogens (primary N) is 1. The molecule has 1 unspecified atom stereocenters. The molecule has 0 saturated carbocycles. The van der Waals surface area contributed by atoms with Crippen LogP contribution in [0.5, 0.6) is 0 Å². The fourth-order valence-corrected chi connectivity index (χ4v) is 2.05. The topological polar surface area (TPSA) is 29.3 Å². The maximum Gasteiger partial charge on any atom is 0.0125 e. The Morgan fingerprint density at radius 1 is 1.38 bits per heavy atom. The monoisotopic (exact) mass is 184 g/mol. The highest BCUT2D eigenvalue weighted by molar-refractivity contribution is 4.85. The van der Waals surface area contributed by atoms with E-state index in [9.17, 15) is 0 Å². The van der Waals surface area contributed by atoms with Gasteiger partial charge in [-0.05, 0) is 53.0 Å². The summed E-state index contributed by atoms with van der Waals surface area (Å²) >= 11 is 0. The number of hydrogen-bond acceptors (Lipinski definition) is 2. The molecule has 0 spiro atoms. The van der Waals surface area contributed by atoms with Crippen LogP contribution in [0.1, 0.15) is 40.5 Å². The van der Waals surface area contributed by atoms with Crippen molar-refractivity contribution >= 4 is 0 Å². The van der Waals surface area contributed by atoms with Crippen molar-refractivity contribution < 1.29 is 0 Å². The standard InChI is InChI=1S/C11H24N2/c1-9(12)10-6-5-7-13(8-10)11(2,3)4/h9-10H,5-8,12H2,1-4H3/t9-,10?/m0/s1. The third-order valence-corrected chi connectivity index (χ3v) is 3.15. The van der Waals surface area contributed by atoms with Gasteiger partial charge in [0.2, 0.25) is 0 Å². The van der Waals surface area contributed by atoms with Crippen LogP contribution in [-0.2, 0) is 0 Å². The van der Waals surface area contributed by atoms with E-state index in [2.05, 4.69) is 32.6 Å². The Bertz CT molecular complexity index is 158. The van der Waals surface area contributed by atoms with Crippen molar-refractivity contribution in [1.82, 2.24) is 4.90 Å². The fraction of sp³-hybridized carbons (Fsp3) is 1.00. The first-order valence-electron chi connectivity index (χ1n) is 5.42. The lowest BCUT2D eigenvalue weighted by atomic mass is 9.89. The van der Waals surface area contributed by atoms with Crippen molar-refractivity contribution in [2.75, 3.05) is 13.1 Å². The highest BCUT2D eigenvalue weighted by atomic mass is 15.2. The predicted octanol–water partition coefficient (Wildman–Crippen LogP) is 1.84. The third-order valence-electron chi connectivity index (χ3n) is 3.15. The van der Waals surface area contributed by atoms with E-state index in [1.165, 1.54) is 25.9 Å². The molecular weight excluding hydrogens is 160 g/mol. The Labute approximate surface area is 82.5 Å². The molecule has 0 aliphatic carbocycles. The molecule has 0 radical (unpaired) electrons. The Morgan fingerprint density at radius 2 is 2.00 bits per heavy atom. The Balaban J connectivity index is 2.52. The first-order chi connectivity index (χ1) is 5.91. The molecule has 1 fully saturated rings. The van der Waals surface area contributed by atoms with Gasteiger partial charge >= 0.3 is 0 Å². The van der Waals surface area contributed by atoms with E-state index in [-0.39, 0.29) is 0 Å². The van der Waals surface area contributed by atoms with Crippen LogP contribution >= 0.6 is 0 Å². The van der Waals surface area contributed by atoms with Gasteiger partial charge in [-0.2, -0.15) is 0 Å². The molecular formula is C11H24N2. The predicted molar refractivity (Wildman–Crippen MR) is 57.7 cm³/mol. The van der Waals surface area contributed by atoms with Gasteiger partial charge in [0.25, 0.3) is 0 Å². The van der Waals surface area contributed by atoms with Crippen LogP contribution in [0.4, 0.5) is 0 Å². The molecule has 1 saturated heterocycles. The van der Waals surface area contributed by atoms with E-state index in [0.717, 1.165) is 0 Å². The van der Waals surface area contributed by atoms with Crippen LogP contribution in [0.2, 0.25) is 0 Å². The second kappa shape index (κ2) is 3.97. The van der Waals surface area contributed by atoms with Gasteiger partial charge in [0, 0.05) is 18.1 Å². The Kier molecular flexibility index (Phi) is 3.36. The van der Waals surface area contributed by atoms with Gasteiger partial charge < -0.3 is 5.73 Å². The SMILES string of the molecule is C[C@H](N)C1CCCN(C(C)(C)C)C1. The lowest BCUT2D eigenvalue weighted by Crippen LogP contribution is -2.50. The van der Waals surface area contributed by atoms with E-state index in [1.54, 1.807) is 0 Å². The van der Waals surface area contributed by atoms with E-state index >= 15 is 0 Å². The van der Waals surface area contributed by atoms with Gasteiger partial charge in [-0.1, -0.05) is 0 Å². The minimum Gasteiger partial charge on any atom is -0.328 e. The molecule has 1 aliphatic rings. The summed E-state index contributed by atoms with van der Waals surface area (Å²) in [6.07, 6.45) is 2.62. The molecule has 0 aromatic carbocycles. The molecule has 2 atom stereocenters. The summed E-state index contributed by atoms with van der Waals surface area (Å²) < 4.78 is 0. The van der Waals surface area contributed by atoms with Crippen LogP contribution < -0.4 is 5.73 Å². The van der Waals surface area contributed by atoms with Gasteiger partial charge in [-0.25, -0.2) is 0 Å². The Morgan fingerprint density at radius 3 is 2.46 bits per heavy atom. The van der Waals surface area contributed by atoms with Crippen molar-refractivity contribution in [3.8, 4) is 0 Å². The normalized spacial score (nSPS) is 28.8. The summed E-state index contributed by atoms with van der Waals surface area (Å²) in [4.78, 5) is 2.56. The average Bonchev–Trinajstić information content (AvgIpc) is 2.03. The van der Waals surface area contributed by atoms with Crippen LogP contribution in [0.3, 0.4) is 0 Å². The molecule has 78 valence electrons. The minimum absolute atomic E-state index is 0.313. The number of nitrogens with zero attached hydrogens (tertiary/aromatic N) is 1. The van der Waals surface area contributed by atoms with Crippen LogP contribution in [-0.4, -0.2) is 29.6 Å². The fourth-order valence-electron chi connectivity index (χ4n) is 2.05. The zero-order valence-corrected chi connectivity index (χ0v) is 9.51. The van der Waals surface area contributed by atoms with Gasteiger partial charge in [-0.15, -0.1) is 0 Å². The van der Waals surface area contributed by atoms with E-state index in [1.807, 2.05) is 0 Å². The van der Waals surface area contributed by atoms with E-state index in [0.29, 0.717) is 17.5 Å². The van der Waals surface area contributed by atoms with Crippen LogP contribution in [0, 0.1) is 5.92 Å². The van der Waals surface area contributed by atoms with Gasteiger partial charge in [0.15, 0.2) is 0 Å². The van der Waals surface area contributed by atoms with Gasteiger partial charge in [-0.3, -0.25) is 4.90 Å². The zero-order chi connectivity index (χ0) is 10.1. The van der Waals surface area contributed by atoms with E-state index in [4.69, 9.17) is 5.73 Å². The van der Waals surface area contributed by atoms with Crippen molar-refractivity contribution in [3.63, 3.8) is 0 Å². The summed E-state index contributed by atoms with van der Waals surface area (Å²) in [5.74, 6) is 0.702. The smallest absolute Gasteiger partial charge is 0.0125 e. The maximum atomic E-state index is 5.95. The maximum absolute atomic E-state index is 5.95. The van der Waals surface area contributed by atoms with Crippen molar-refractivity contribution in [3.05, 3.63) is 0 Å². The van der Waals surface area contributed by atoms with Gasteiger partial charge in [0.05, 0.1) is 0 Å². The summed E-state index contributed by atoms with van der Waals surface area (Å²) in [7, 11) is 0. The number of likely N-dealkylation sites (tertiary alicyclic amines) is 1. The summed E-state index contributed by atoms with van der Waals surface area (Å²) in [6, 6.07) is 0.352. The van der Waals surface area contributed by atoms with Crippen LogP contribution in [0.25, 0.3) is 0 Å². The molecule has 1 rings (SSSR count). The number of piperidine rings is 1. The zero-order valence-electron chi connectivity index (χ0n) is 9.51. The molecule has 0 bridgehead atoms. The van der Waals surface area contributed by atoms with Crippen LogP contribution in [0.15, 0.2) is 0 Å². The van der Waals surface area contributed by atoms with Crippen molar-refractivity contribution in [2.45, 2.75) is 52.1 Å². The molecule has 2 heteroatoms. The van der Waals surface area contributed by atoms with Gasteiger partial charge in [0.1, 0.15) is 0 Å². The lowest BCUT2D eigenvalue weighted by Gasteiger charge is -2.42. The van der Waals surface area contributed by atoms with E-state index < -0.39 is 0 Å². The molecule has 0 aromatic heterocycles. The summed E-state index contributed by atoms with van der Waals surface area (Å²) in [5.41, 5.74) is 6.26. The number of rotatable bonds is 1.